The number of hydrogen-bond acceptors (Lipinski definition) is 7. The molecule has 2 saturated heterocycles. The Balaban J connectivity index is 1.59. The summed E-state index contributed by atoms with van der Waals surface area (Å²) < 4.78 is 77.9. The Labute approximate surface area is 175 Å². The second-order valence-corrected chi connectivity index (χ2v) is 8.81. The Morgan fingerprint density at radius 2 is 1.87 bits per heavy atom. The number of alkyl halides is 3. The minimum absolute atomic E-state index is 0.356. The van der Waals surface area contributed by atoms with E-state index in [1.807, 2.05) is 0 Å². The molecule has 3 aliphatic heterocycles. The molecule has 0 unspecified atom stereocenters. The van der Waals surface area contributed by atoms with E-state index in [4.69, 9.17) is 18.9 Å². The van der Waals surface area contributed by atoms with Crippen molar-refractivity contribution in [3.05, 3.63) is 35.6 Å². The predicted molar refractivity (Wildman–Crippen MR) is 101 cm³/mol. The van der Waals surface area contributed by atoms with Crippen molar-refractivity contribution < 1.29 is 36.5 Å². The highest BCUT2D eigenvalue weighted by atomic mass is 32.2. The minimum Gasteiger partial charge on any atom is -0.368 e. The quantitative estimate of drug-likeness (QED) is 0.711. The third-order valence-electron chi connectivity index (χ3n) is 5.07. The SMILES string of the molecule is CNC1=N[C@@H]2[C@H]3OC(C)(C)O[C@@H]3[C@@H]([C@H](OCc3ccc(F)cc3)C(F)(F)F)O[C@@H]2S1. The fraction of sp³-hybridized carbons (Fsp3) is 0.632. The largest absolute Gasteiger partial charge is 0.417 e. The van der Waals surface area contributed by atoms with E-state index in [0.29, 0.717) is 10.7 Å². The molecule has 6 nitrogen and oxygen atoms in total. The standard InChI is InChI=1S/C19H22F4N2O4S/c1-18(2)28-12-11-16(30-17(24-3)25-11)27-14(13(12)29-18)15(19(21,22)23)26-8-9-4-6-10(20)7-5-9/h4-7,11-16H,8H2,1-3H3,(H,24,25)/t11-,12-,13+,14+,15+,16-/m1/s1. The van der Waals surface area contributed by atoms with E-state index in [2.05, 4.69) is 10.3 Å². The summed E-state index contributed by atoms with van der Waals surface area (Å²) in [6.45, 7) is 2.93. The van der Waals surface area contributed by atoms with Crippen molar-refractivity contribution in [2.24, 2.45) is 4.99 Å². The van der Waals surface area contributed by atoms with Gasteiger partial charge in [-0.2, -0.15) is 13.2 Å². The number of nitrogens with zero attached hydrogens (tertiary/aromatic N) is 1. The van der Waals surface area contributed by atoms with Gasteiger partial charge in [0.15, 0.2) is 17.1 Å². The normalized spacial score (nSPS) is 33.6. The van der Waals surface area contributed by atoms with Crippen LogP contribution >= 0.6 is 11.8 Å². The number of ether oxygens (including phenoxy) is 4. The van der Waals surface area contributed by atoms with Gasteiger partial charge in [-0.15, -0.1) is 0 Å². The lowest BCUT2D eigenvalue weighted by Gasteiger charge is -2.41. The lowest BCUT2D eigenvalue weighted by molar-refractivity contribution is -0.281. The molecule has 166 valence electrons. The van der Waals surface area contributed by atoms with E-state index >= 15 is 0 Å². The maximum absolute atomic E-state index is 14.0. The average Bonchev–Trinajstić information content (AvgIpc) is 3.21. The highest BCUT2D eigenvalue weighted by Crippen LogP contribution is 2.46. The Morgan fingerprint density at radius 3 is 2.50 bits per heavy atom. The molecule has 0 radical (unpaired) electrons. The minimum atomic E-state index is -4.71. The van der Waals surface area contributed by atoms with Gasteiger partial charge in [-0.25, -0.2) is 4.39 Å². The molecule has 3 heterocycles. The van der Waals surface area contributed by atoms with Crippen LogP contribution in [0.3, 0.4) is 0 Å². The summed E-state index contributed by atoms with van der Waals surface area (Å²) in [5.41, 5.74) is -0.244. The third-order valence-corrected chi connectivity index (χ3v) is 6.22. The number of fused-ring (bicyclic) bond motifs is 3. The Morgan fingerprint density at radius 1 is 1.20 bits per heavy atom. The molecule has 0 spiro atoms. The summed E-state index contributed by atoms with van der Waals surface area (Å²) in [4.78, 5) is 4.48. The molecule has 0 saturated carbocycles. The summed E-state index contributed by atoms with van der Waals surface area (Å²) in [6, 6.07) is 4.59. The summed E-state index contributed by atoms with van der Waals surface area (Å²) >= 11 is 1.21. The smallest absolute Gasteiger partial charge is 0.368 e. The third kappa shape index (κ3) is 4.31. The predicted octanol–water partition coefficient (Wildman–Crippen LogP) is 3.21. The van der Waals surface area contributed by atoms with E-state index in [9.17, 15) is 17.6 Å². The van der Waals surface area contributed by atoms with Crippen LogP contribution in [0.5, 0.6) is 0 Å². The second kappa shape index (κ2) is 7.94. The number of amidine groups is 1. The van der Waals surface area contributed by atoms with Crippen LogP contribution < -0.4 is 5.32 Å². The zero-order valence-electron chi connectivity index (χ0n) is 16.5. The van der Waals surface area contributed by atoms with Gasteiger partial charge in [0.1, 0.15) is 35.6 Å². The van der Waals surface area contributed by atoms with Crippen LogP contribution in [0, 0.1) is 5.82 Å². The van der Waals surface area contributed by atoms with Crippen molar-refractivity contribution in [1.82, 2.24) is 5.32 Å². The van der Waals surface area contributed by atoms with Crippen molar-refractivity contribution in [2.45, 2.75) is 68.3 Å². The van der Waals surface area contributed by atoms with Crippen molar-refractivity contribution in [1.29, 1.82) is 0 Å². The maximum atomic E-state index is 14.0. The van der Waals surface area contributed by atoms with E-state index < -0.39 is 53.7 Å². The molecule has 0 bridgehead atoms. The number of aliphatic imine (C=N–C) groups is 1. The Hall–Kier alpha value is -1.40. The van der Waals surface area contributed by atoms with Gasteiger partial charge in [0.2, 0.25) is 0 Å². The Kier molecular flexibility index (Phi) is 5.77. The molecule has 0 aromatic heterocycles. The first-order valence-electron chi connectivity index (χ1n) is 9.43. The average molecular weight is 450 g/mol. The summed E-state index contributed by atoms with van der Waals surface area (Å²) in [5, 5.41) is 3.46. The number of benzene rings is 1. The zero-order valence-corrected chi connectivity index (χ0v) is 17.3. The van der Waals surface area contributed by atoms with Gasteiger partial charge < -0.3 is 24.3 Å². The molecule has 6 atom stereocenters. The molecule has 0 amide bonds. The van der Waals surface area contributed by atoms with Crippen LogP contribution in [0.25, 0.3) is 0 Å². The number of thioether (sulfide) groups is 1. The van der Waals surface area contributed by atoms with Crippen molar-refractivity contribution in [2.75, 3.05) is 7.05 Å². The number of hydrogen-bond donors (Lipinski definition) is 1. The van der Waals surface area contributed by atoms with Gasteiger partial charge in [-0.3, -0.25) is 4.99 Å². The highest BCUT2D eigenvalue weighted by Gasteiger charge is 2.62. The molecule has 0 aliphatic carbocycles. The molecule has 1 aromatic carbocycles. The van der Waals surface area contributed by atoms with Gasteiger partial charge in [0, 0.05) is 7.05 Å². The van der Waals surface area contributed by atoms with Crippen LogP contribution in [0.1, 0.15) is 19.4 Å². The van der Waals surface area contributed by atoms with Gasteiger partial charge in [0.25, 0.3) is 0 Å². The van der Waals surface area contributed by atoms with Gasteiger partial charge in [-0.05, 0) is 31.5 Å². The maximum Gasteiger partial charge on any atom is 0.417 e. The van der Waals surface area contributed by atoms with Crippen LogP contribution in [-0.2, 0) is 25.6 Å². The Bertz CT molecular complexity index is 805. The summed E-state index contributed by atoms with van der Waals surface area (Å²) in [7, 11) is 1.68. The molecule has 30 heavy (non-hydrogen) atoms. The van der Waals surface area contributed by atoms with Gasteiger partial charge >= 0.3 is 6.18 Å². The van der Waals surface area contributed by atoms with Gasteiger partial charge in [0.05, 0.1) is 6.61 Å². The van der Waals surface area contributed by atoms with Crippen LogP contribution in [0.4, 0.5) is 17.6 Å². The monoisotopic (exact) mass is 450 g/mol. The molecule has 1 N–H and O–H groups in total. The summed E-state index contributed by atoms with van der Waals surface area (Å²) in [5.74, 6) is -1.56. The van der Waals surface area contributed by atoms with Gasteiger partial charge in [-0.1, -0.05) is 23.9 Å². The number of nitrogens with one attached hydrogen (secondary N) is 1. The molecule has 11 heteroatoms. The van der Waals surface area contributed by atoms with Crippen LogP contribution in [0.15, 0.2) is 29.3 Å². The van der Waals surface area contributed by atoms with Crippen LogP contribution in [-0.4, -0.2) is 60.1 Å². The first-order chi connectivity index (χ1) is 14.1. The van der Waals surface area contributed by atoms with E-state index in [1.54, 1.807) is 20.9 Å². The molecule has 1 aromatic rings. The topological polar surface area (TPSA) is 61.3 Å². The van der Waals surface area contributed by atoms with Crippen molar-refractivity contribution >= 4 is 16.9 Å². The van der Waals surface area contributed by atoms with Crippen LogP contribution in [0.2, 0.25) is 0 Å². The summed E-state index contributed by atoms with van der Waals surface area (Å²) in [6.07, 6.45) is -10.1. The van der Waals surface area contributed by atoms with E-state index in [0.717, 1.165) is 0 Å². The van der Waals surface area contributed by atoms with Crippen molar-refractivity contribution in [3.8, 4) is 0 Å². The highest BCUT2D eigenvalue weighted by molar-refractivity contribution is 8.14. The zero-order chi connectivity index (χ0) is 21.7. The lowest BCUT2D eigenvalue weighted by atomic mass is 9.94. The van der Waals surface area contributed by atoms with Crippen molar-refractivity contribution in [3.63, 3.8) is 0 Å². The molecular formula is C19H22F4N2O4S. The number of rotatable bonds is 4. The van der Waals surface area contributed by atoms with E-state index in [1.165, 1.54) is 36.0 Å². The molecular weight excluding hydrogens is 428 g/mol. The first-order valence-corrected chi connectivity index (χ1v) is 10.3. The van der Waals surface area contributed by atoms with E-state index in [-0.39, 0.29) is 6.61 Å². The molecule has 2 fully saturated rings. The fourth-order valence-corrected chi connectivity index (χ4v) is 4.88. The fourth-order valence-electron chi connectivity index (χ4n) is 3.82. The molecule has 3 aliphatic rings. The second-order valence-electron chi connectivity index (χ2n) is 7.73. The molecule has 4 rings (SSSR count). The first kappa shape index (κ1) is 21.8. The number of halogens is 4. The lowest BCUT2D eigenvalue weighted by Crippen LogP contribution is -2.60.